The molecule has 0 bridgehead atoms. The van der Waals surface area contributed by atoms with E-state index < -0.39 is 0 Å². The van der Waals surface area contributed by atoms with Gasteiger partial charge >= 0.3 is 0 Å². The zero-order valence-corrected chi connectivity index (χ0v) is 8.96. The Morgan fingerprint density at radius 2 is 2.17 bits per heavy atom. The van der Waals surface area contributed by atoms with Crippen LogP contribution in [0, 0.1) is 11.7 Å². The summed E-state index contributed by atoms with van der Waals surface area (Å²) in [7, 11) is 0. The first-order valence-electron chi connectivity index (χ1n) is 4.26. The Kier molecular flexibility index (Phi) is 2.42. The number of aromatic nitrogens is 2. The van der Waals surface area contributed by atoms with E-state index in [4.69, 9.17) is 12.2 Å². The highest BCUT2D eigenvalue weighted by atomic mass is 32.1. The third-order valence-corrected chi connectivity index (χ3v) is 2.66. The van der Waals surface area contributed by atoms with Gasteiger partial charge in [-0.15, -0.1) is 0 Å². The SMILES string of the molecule is CCC(C)(C)n1cc(C)[nH]c1=S. The third kappa shape index (κ3) is 1.61. The molecule has 2 nitrogen and oxygen atoms in total. The van der Waals surface area contributed by atoms with Gasteiger partial charge in [-0.2, -0.15) is 0 Å². The number of hydrogen-bond acceptors (Lipinski definition) is 1. The van der Waals surface area contributed by atoms with E-state index >= 15 is 0 Å². The molecule has 0 saturated heterocycles. The highest BCUT2D eigenvalue weighted by molar-refractivity contribution is 7.71. The van der Waals surface area contributed by atoms with Crippen molar-refractivity contribution >= 4 is 12.2 Å². The van der Waals surface area contributed by atoms with Crippen molar-refractivity contribution in [3.63, 3.8) is 0 Å². The first-order chi connectivity index (χ1) is 5.47. The lowest BCUT2D eigenvalue weighted by Gasteiger charge is -2.24. The number of H-pyrrole nitrogens is 1. The molecule has 0 unspecified atom stereocenters. The Morgan fingerprint density at radius 3 is 2.50 bits per heavy atom. The van der Waals surface area contributed by atoms with E-state index in [0.717, 1.165) is 16.9 Å². The molecular weight excluding hydrogens is 168 g/mol. The van der Waals surface area contributed by atoms with Crippen LogP contribution in [0.1, 0.15) is 32.9 Å². The van der Waals surface area contributed by atoms with Gasteiger partial charge in [0.1, 0.15) is 0 Å². The molecule has 0 atom stereocenters. The quantitative estimate of drug-likeness (QED) is 0.701. The van der Waals surface area contributed by atoms with Crippen LogP contribution < -0.4 is 0 Å². The van der Waals surface area contributed by atoms with E-state index in [-0.39, 0.29) is 5.54 Å². The molecular formula is C9H16N2S. The lowest BCUT2D eigenvalue weighted by Crippen LogP contribution is -2.24. The summed E-state index contributed by atoms with van der Waals surface area (Å²) in [5.74, 6) is 0. The topological polar surface area (TPSA) is 20.7 Å². The summed E-state index contributed by atoms with van der Waals surface area (Å²) in [4.78, 5) is 3.13. The number of imidazole rings is 1. The van der Waals surface area contributed by atoms with Gasteiger partial charge < -0.3 is 9.55 Å². The molecule has 0 fully saturated rings. The molecule has 68 valence electrons. The zero-order chi connectivity index (χ0) is 9.35. The molecule has 1 rings (SSSR count). The fourth-order valence-electron chi connectivity index (χ4n) is 1.13. The number of rotatable bonds is 2. The summed E-state index contributed by atoms with van der Waals surface area (Å²) in [6.45, 7) is 8.58. The van der Waals surface area contributed by atoms with Crippen molar-refractivity contribution in [3.8, 4) is 0 Å². The second-order valence-corrected chi connectivity index (χ2v) is 4.16. The molecule has 1 N–H and O–H groups in total. The Bertz CT molecular complexity index is 320. The van der Waals surface area contributed by atoms with Gasteiger partial charge in [0.25, 0.3) is 0 Å². The minimum atomic E-state index is 0.127. The molecule has 0 aliphatic heterocycles. The van der Waals surface area contributed by atoms with E-state index in [1.807, 2.05) is 6.92 Å². The van der Waals surface area contributed by atoms with Crippen molar-refractivity contribution in [3.05, 3.63) is 16.7 Å². The number of hydrogen-bond donors (Lipinski definition) is 1. The van der Waals surface area contributed by atoms with Crippen molar-refractivity contribution in [2.24, 2.45) is 0 Å². The van der Waals surface area contributed by atoms with Crippen LogP contribution in [0.5, 0.6) is 0 Å². The average molecular weight is 184 g/mol. The summed E-state index contributed by atoms with van der Waals surface area (Å²) in [5, 5.41) is 0. The normalized spacial score (nSPS) is 12.0. The molecule has 0 aliphatic rings. The van der Waals surface area contributed by atoms with Gasteiger partial charge in [-0.05, 0) is 39.4 Å². The van der Waals surface area contributed by atoms with Crippen molar-refractivity contribution in [2.45, 2.75) is 39.7 Å². The minimum Gasteiger partial charge on any atom is -0.335 e. The van der Waals surface area contributed by atoms with E-state index in [1.54, 1.807) is 0 Å². The van der Waals surface area contributed by atoms with Gasteiger partial charge in [-0.25, -0.2) is 0 Å². The largest absolute Gasteiger partial charge is 0.335 e. The predicted molar refractivity (Wildman–Crippen MR) is 54.0 cm³/mol. The Hall–Kier alpha value is -0.570. The second-order valence-electron chi connectivity index (χ2n) is 3.78. The maximum atomic E-state index is 5.19. The molecule has 0 spiro atoms. The average Bonchev–Trinajstić information content (AvgIpc) is 2.31. The van der Waals surface area contributed by atoms with E-state index in [0.29, 0.717) is 0 Å². The van der Waals surface area contributed by atoms with Crippen molar-refractivity contribution in [1.82, 2.24) is 9.55 Å². The summed E-state index contributed by atoms with van der Waals surface area (Å²) in [5.41, 5.74) is 1.25. The number of aryl methyl sites for hydroxylation is 1. The number of aromatic amines is 1. The van der Waals surface area contributed by atoms with Crippen LogP contribution in [0.15, 0.2) is 6.20 Å². The lowest BCUT2D eigenvalue weighted by molar-refractivity contribution is 0.338. The fraction of sp³-hybridized carbons (Fsp3) is 0.667. The number of nitrogens with one attached hydrogen (secondary N) is 1. The summed E-state index contributed by atoms with van der Waals surface area (Å²) < 4.78 is 2.94. The van der Waals surface area contributed by atoms with E-state index in [9.17, 15) is 0 Å². The highest BCUT2D eigenvalue weighted by Gasteiger charge is 2.17. The van der Waals surface area contributed by atoms with Gasteiger partial charge in [0, 0.05) is 17.4 Å². The third-order valence-electron chi connectivity index (χ3n) is 2.36. The summed E-state index contributed by atoms with van der Waals surface area (Å²) >= 11 is 5.19. The lowest BCUT2D eigenvalue weighted by atomic mass is 10.0. The van der Waals surface area contributed by atoms with Crippen LogP contribution in [0.25, 0.3) is 0 Å². The maximum Gasteiger partial charge on any atom is 0.177 e. The Balaban J connectivity index is 3.19. The van der Waals surface area contributed by atoms with E-state index in [2.05, 4.69) is 36.5 Å². The van der Waals surface area contributed by atoms with Crippen molar-refractivity contribution in [1.29, 1.82) is 0 Å². The standard InChI is InChI=1S/C9H16N2S/c1-5-9(3,4)11-6-7(2)10-8(11)12/h6H,5H2,1-4H3,(H,10,12). The fourth-order valence-corrected chi connectivity index (χ4v) is 1.59. The van der Waals surface area contributed by atoms with E-state index in [1.165, 1.54) is 0 Å². The molecule has 0 saturated carbocycles. The molecule has 0 radical (unpaired) electrons. The van der Waals surface area contributed by atoms with Crippen LogP contribution in [0.2, 0.25) is 0 Å². The van der Waals surface area contributed by atoms with Gasteiger partial charge in [0.05, 0.1) is 0 Å². The number of nitrogens with zero attached hydrogens (tertiary/aromatic N) is 1. The maximum absolute atomic E-state index is 5.19. The second kappa shape index (κ2) is 3.05. The molecule has 1 aromatic rings. The Morgan fingerprint density at radius 1 is 1.58 bits per heavy atom. The van der Waals surface area contributed by atoms with Crippen LogP contribution in [-0.4, -0.2) is 9.55 Å². The van der Waals surface area contributed by atoms with Crippen LogP contribution in [-0.2, 0) is 5.54 Å². The van der Waals surface area contributed by atoms with Gasteiger partial charge in [-0.3, -0.25) is 0 Å². The highest BCUT2D eigenvalue weighted by Crippen LogP contribution is 2.19. The smallest absolute Gasteiger partial charge is 0.177 e. The van der Waals surface area contributed by atoms with Gasteiger partial charge in [0.15, 0.2) is 4.77 Å². The first kappa shape index (κ1) is 9.52. The molecule has 12 heavy (non-hydrogen) atoms. The van der Waals surface area contributed by atoms with Crippen LogP contribution >= 0.6 is 12.2 Å². The van der Waals surface area contributed by atoms with Crippen molar-refractivity contribution in [2.75, 3.05) is 0 Å². The minimum absolute atomic E-state index is 0.127. The predicted octanol–water partition coefficient (Wildman–Crippen LogP) is 3.00. The van der Waals surface area contributed by atoms with Gasteiger partial charge in [0.2, 0.25) is 0 Å². The molecule has 0 amide bonds. The Labute approximate surface area is 78.6 Å². The molecule has 1 heterocycles. The summed E-state index contributed by atoms with van der Waals surface area (Å²) in [6.07, 6.45) is 3.16. The van der Waals surface area contributed by atoms with Crippen molar-refractivity contribution < 1.29 is 0 Å². The van der Waals surface area contributed by atoms with Gasteiger partial charge in [-0.1, -0.05) is 6.92 Å². The molecule has 0 aliphatic carbocycles. The molecule has 3 heteroatoms. The summed E-state index contributed by atoms with van der Waals surface area (Å²) in [6, 6.07) is 0. The molecule has 0 aromatic carbocycles. The zero-order valence-electron chi connectivity index (χ0n) is 8.14. The first-order valence-corrected chi connectivity index (χ1v) is 4.67. The molecule has 1 aromatic heterocycles. The van der Waals surface area contributed by atoms with Crippen LogP contribution in [0.3, 0.4) is 0 Å². The monoisotopic (exact) mass is 184 g/mol. The van der Waals surface area contributed by atoms with Crippen LogP contribution in [0.4, 0.5) is 0 Å².